The maximum Gasteiger partial charge on any atom is 0.230 e. The standard InChI is InChI=1S/C13H16ClN5OS/c1-9-17-18-13(19(9)15)21-8-12(20)16-7-6-10-2-4-11(14)5-3-10/h2-5H,6-8,15H2,1H3,(H,16,20). The van der Waals surface area contributed by atoms with Crippen molar-refractivity contribution in [3.05, 3.63) is 40.7 Å². The number of nitrogen functional groups attached to an aromatic ring is 1. The van der Waals surface area contributed by atoms with E-state index in [1.165, 1.54) is 16.4 Å². The lowest BCUT2D eigenvalue weighted by molar-refractivity contribution is -0.118. The molecule has 0 saturated heterocycles. The zero-order valence-electron chi connectivity index (χ0n) is 11.5. The highest BCUT2D eigenvalue weighted by Gasteiger charge is 2.09. The molecule has 0 bridgehead atoms. The van der Waals surface area contributed by atoms with Crippen molar-refractivity contribution in [1.29, 1.82) is 0 Å². The number of hydrogen-bond acceptors (Lipinski definition) is 5. The van der Waals surface area contributed by atoms with Crippen molar-refractivity contribution in [2.45, 2.75) is 18.5 Å². The summed E-state index contributed by atoms with van der Waals surface area (Å²) in [5.74, 6) is 6.52. The minimum absolute atomic E-state index is 0.0605. The van der Waals surface area contributed by atoms with Crippen molar-refractivity contribution in [2.75, 3.05) is 18.1 Å². The fraction of sp³-hybridized carbons (Fsp3) is 0.308. The van der Waals surface area contributed by atoms with Gasteiger partial charge in [-0.05, 0) is 31.0 Å². The Hall–Kier alpha value is -1.73. The normalized spacial score (nSPS) is 10.6. The predicted octanol–water partition coefficient (Wildman–Crippen LogP) is 1.40. The molecule has 0 unspecified atom stereocenters. The van der Waals surface area contributed by atoms with E-state index in [-0.39, 0.29) is 11.7 Å². The summed E-state index contributed by atoms with van der Waals surface area (Å²) < 4.78 is 1.37. The van der Waals surface area contributed by atoms with Crippen LogP contribution in [0.1, 0.15) is 11.4 Å². The highest BCUT2D eigenvalue weighted by molar-refractivity contribution is 7.99. The summed E-state index contributed by atoms with van der Waals surface area (Å²) in [5, 5.41) is 11.8. The molecule has 0 aliphatic rings. The molecule has 1 heterocycles. The zero-order chi connectivity index (χ0) is 15.2. The summed E-state index contributed by atoms with van der Waals surface area (Å²) >= 11 is 7.07. The number of nitrogens with zero attached hydrogens (tertiary/aromatic N) is 3. The molecular weight excluding hydrogens is 310 g/mol. The summed E-state index contributed by atoms with van der Waals surface area (Å²) in [6, 6.07) is 7.57. The van der Waals surface area contributed by atoms with Crippen LogP contribution in [0.2, 0.25) is 5.02 Å². The number of aryl methyl sites for hydroxylation is 1. The summed E-state index contributed by atoms with van der Waals surface area (Å²) in [6.07, 6.45) is 0.764. The van der Waals surface area contributed by atoms with Crippen LogP contribution in [0.25, 0.3) is 0 Å². The fourth-order valence-electron chi connectivity index (χ4n) is 1.63. The maximum atomic E-state index is 11.7. The van der Waals surface area contributed by atoms with E-state index in [1.807, 2.05) is 24.3 Å². The number of aromatic nitrogens is 3. The van der Waals surface area contributed by atoms with Crippen molar-refractivity contribution < 1.29 is 4.79 Å². The first-order chi connectivity index (χ1) is 10.1. The number of hydrogen-bond donors (Lipinski definition) is 2. The van der Waals surface area contributed by atoms with Gasteiger partial charge in [0.25, 0.3) is 0 Å². The third-order valence-electron chi connectivity index (χ3n) is 2.82. The molecule has 1 aromatic heterocycles. The van der Waals surface area contributed by atoms with Crippen molar-refractivity contribution in [1.82, 2.24) is 20.2 Å². The van der Waals surface area contributed by atoms with Gasteiger partial charge in [0.2, 0.25) is 11.1 Å². The molecule has 0 aliphatic carbocycles. The van der Waals surface area contributed by atoms with Crippen molar-refractivity contribution in [3.63, 3.8) is 0 Å². The molecule has 2 rings (SSSR count). The van der Waals surface area contributed by atoms with Crippen LogP contribution in [0, 0.1) is 6.92 Å². The molecule has 112 valence electrons. The molecule has 1 aromatic carbocycles. The van der Waals surface area contributed by atoms with Gasteiger partial charge in [-0.2, -0.15) is 0 Å². The van der Waals surface area contributed by atoms with Gasteiger partial charge in [-0.25, -0.2) is 4.68 Å². The number of benzene rings is 1. The summed E-state index contributed by atoms with van der Waals surface area (Å²) in [7, 11) is 0. The molecular formula is C13H16ClN5OS. The van der Waals surface area contributed by atoms with Gasteiger partial charge in [0.15, 0.2) is 0 Å². The number of nitrogens with two attached hydrogens (primary N) is 1. The van der Waals surface area contributed by atoms with Gasteiger partial charge in [0, 0.05) is 11.6 Å². The van der Waals surface area contributed by atoms with Gasteiger partial charge >= 0.3 is 0 Å². The number of nitrogens with one attached hydrogen (secondary N) is 1. The van der Waals surface area contributed by atoms with Crippen LogP contribution in [-0.2, 0) is 11.2 Å². The molecule has 21 heavy (non-hydrogen) atoms. The lowest BCUT2D eigenvalue weighted by atomic mass is 10.1. The molecule has 0 saturated carbocycles. The van der Waals surface area contributed by atoms with Crippen LogP contribution in [0.4, 0.5) is 0 Å². The molecule has 6 nitrogen and oxygen atoms in total. The minimum Gasteiger partial charge on any atom is -0.355 e. The van der Waals surface area contributed by atoms with Crippen LogP contribution in [0.15, 0.2) is 29.4 Å². The number of carbonyl (C=O) groups excluding carboxylic acids is 1. The molecule has 0 aliphatic heterocycles. The van der Waals surface area contributed by atoms with Gasteiger partial charge in [0.1, 0.15) is 5.82 Å². The molecule has 0 spiro atoms. The van der Waals surface area contributed by atoms with Gasteiger partial charge < -0.3 is 11.2 Å². The fourth-order valence-corrected chi connectivity index (χ4v) is 2.48. The monoisotopic (exact) mass is 325 g/mol. The van der Waals surface area contributed by atoms with Crippen LogP contribution in [0.3, 0.4) is 0 Å². The van der Waals surface area contributed by atoms with Gasteiger partial charge in [-0.3, -0.25) is 4.79 Å². The van der Waals surface area contributed by atoms with Crippen molar-refractivity contribution in [2.24, 2.45) is 0 Å². The Labute approximate surface area is 132 Å². The Balaban J connectivity index is 1.70. The zero-order valence-corrected chi connectivity index (χ0v) is 13.1. The molecule has 0 radical (unpaired) electrons. The van der Waals surface area contributed by atoms with Gasteiger partial charge in [-0.15, -0.1) is 10.2 Å². The average Bonchev–Trinajstić information content (AvgIpc) is 2.79. The molecule has 2 aromatic rings. The van der Waals surface area contributed by atoms with E-state index in [0.717, 1.165) is 12.0 Å². The highest BCUT2D eigenvalue weighted by atomic mass is 35.5. The number of rotatable bonds is 6. The Morgan fingerprint density at radius 3 is 2.71 bits per heavy atom. The summed E-state index contributed by atoms with van der Waals surface area (Å²) in [6.45, 7) is 2.33. The second kappa shape index (κ2) is 7.33. The lowest BCUT2D eigenvalue weighted by Gasteiger charge is -2.05. The van der Waals surface area contributed by atoms with Crippen LogP contribution in [0.5, 0.6) is 0 Å². The summed E-state index contributed by atoms with van der Waals surface area (Å²) in [4.78, 5) is 11.7. The number of halogens is 1. The number of amides is 1. The van der Waals surface area contributed by atoms with Crippen LogP contribution < -0.4 is 11.2 Å². The second-order valence-electron chi connectivity index (χ2n) is 4.41. The number of thioether (sulfide) groups is 1. The molecule has 1 amide bonds. The lowest BCUT2D eigenvalue weighted by Crippen LogP contribution is -2.27. The largest absolute Gasteiger partial charge is 0.355 e. The van der Waals surface area contributed by atoms with Crippen LogP contribution in [-0.4, -0.2) is 33.1 Å². The first kappa shape index (κ1) is 15.7. The SMILES string of the molecule is Cc1nnc(SCC(=O)NCCc2ccc(Cl)cc2)n1N. The number of carbonyl (C=O) groups is 1. The summed E-state index contributed by atoms with van der Waals surface area (Å²) in [5.41, 5.74) is 1.13. The van der Waals surface area contributed by atoms with E-state index in [1.54, 1.807) is 6.92 Å². The Kier molecular flexibility index (Phi) is 5.46. The van der Waals surface area contributed by atoms with E-state index in [4.69, 9.17) is 17.4 Å². The topological polar surface area (TPSA) is 85.8 Å². The molecule has 3 N–H and O–H groups in total. The molecule has 0 fully saturated rings. The molecule has 8 heteroatoms. The highest BCUT2D eigenvalue weighted by Crippen LogP contribution is 2.13. The Bertz CT molecular complexity index is 614. The predicted molar refractivity (Wildman–Crippen MR) is 83.8 cm³/mol. The average molecular weight is 326 g/mol. The second-order valence-corrected chi connectivity index (χ2v) is 5.79. The van der Waals surface area contributed by atoms with E-state index >= 15 is 0 Å². The third kappa shape index (κ3) is 4.64. The minimum atomic E-state index is -0.0605. The smallest absolute Gasteiger partial charge is 0.230 e. The quantitative estimate of drug-likeness (QED) is 0.619. The molecule has 0 atom stereocenters. The van der Waals surface area contributed by atoms with Crippen LogP contribution >= 0.6 is 23.4 Å². The Morgan fingerprint density at radius 2 is 2.10 bits per heavy atom. The maximum absolute atomic E-state index is 11.7. The van der Waals surface area contributed by atoms with Gasteiger partial charge in [-0.1, -0.05) is 35.5 Å². The van der Waals surface area contributed by atoms with Crippen molar-refractivity contribution in [3.8, 4) is 0 Å². The first-order valence-electron chi connectivity index (χ1n) is 6.37. The van der Waals surface area contributed by atoms with Gasteiger partial charge in [0.05, 0.1) is 5.75 Å². The first-order valence-corrected chi connectivity index (χ1v) is 7.73. The van der Waals surface area contributed by atoms with E-state index in [9.17, 15) is 4.79 Å². The van der Waals surface area contributed by atoms with Crippen molar-refractivity contribution >= 4 is 29.3 Å². The van der Waals surface area contributed by atoms with E-state index in [0.29, 0.717) is 22.5 Å². The Morgan fingerprint density at radius 1 is 1.38 bits per heavy atom. The van der Waals surface area contributed by atoms with E-state index in [2.05, 4.69) is 15.5 Å². The third-order valence-corrected chi connectivity index (χ3v) is 4.01. The van der Waals surface area contributed by atoms with E-state index < -0.39 is 0 Å².